The first-order chi connectivity index (χ1) is 15.7. The molecule has 1 aromatic heterocycles. The third kappa shape index (κ3) is 4.15. The van der Waals surface area contributed by atoms with Crippen LogP contribution in [0.3, 0.4) is 0 Å². The molecule has 5 nitrogen and oxygen atoms in total. The summed E-state index contributed by atoms with van der Waals surface area (Å²) in [5.74, 6) is 3.37. The van der Waals surface area contributed by atoms with Crippen LogP contribution in [0.25, 0.3) is 11.3 Å². The molecule has 6 heteroatoms. The summed E-state index contributed by atoms with van der Waals surface area (Å²) in [7, 11) is 3.36. The highest BCUT2D eigenvalue weighted by molar-refractivity contribution is 7.07. The Bertz CT molecular complexity index is 1210. The molecule has 3 aromatic rings. The highest BCUT2D eigenvalue weighted by Crippen LogP contribution is 2.42. The molecule has 2 bridgehead atoms. The van der Waals surface area contributed by atoms with Gasteiger partial charge >= 0.3 is 0 Å². The third-order valence-electron chi connectivity index (χ3n) is 6.31. The van der Waals surface area contributed by atoms with Crippen molar-refractivity contribution in [1.29, 1.82) is 0 Å². The van der Waals surface area contributed by atoms with Crippen molar-refractivity contribution in [3.8, 4) is 22.8 Å². The van der Waals surface area contributed by atoms with E-state index in [1.807, 2.05) is 41.1 Å². The number of aromatic nitrogens is 1. The van der Waals surface area contributed by atoms with E-state index in [4.69, 9.17) is 19.6 Å². The quantitative estimate of drug-likeness (QED) is 0.362. The highest BCUT2D eigenvalue weighted by Gasteiger charge is 2.34. The largest absolute Gasteiger partial charge is 0.497 e. The lowest BCUT2D eigenvalue weighted by atomic mass is 9.95. The van der Waals surface area contributed by atoms with Crippen molar-refractivity contribution < 1.29 is 9.47 Å². The Labute approximate surface area is 192 Å². The van der Waals surface area contributed by atoms with Gasteiger partial charge in [-0.1, -0.05) is 42.5 Å². The van der Waals surface area contributed by atoms with Crippen LogP contribution >= 0.6 is 11.3 Å². The first-order valence-corrected chi connectivity index (χ1v) is 11.8. The maximum Gasteiger partial charge on any atom is 0.206 e. The van der Waals surface area contributed by atoms with Crippen molar-refractivity contribution in [1.82, 2.24) is 4.68 Å². The second kappa shape index (κ2) is 9.17. The predicted octanol–water partition coefficient (Wildman–Crippen LogP) is 5.38. The fourth-order valence-electron chi connectivity index (χ4n) is 4.61. The first kappa shape index (κ1) is 20.8. The summed E-state index contributed by atoms with van der Waals surface area (Å²) in [6.07, 6.45) is 9.28. The molecule has 32 heavy (non-hydrogen) atoms. The van der Waals surface area contributed by atoms with Gasteiger partial charge in [0.05, 0.1) is 26.5 Å². The van der Waals surface area contributed by atoms with E-state index >= 15 is 0 Å². The molecular weight excluding hydrogens is 418 g/mol. The van der Waals surface area contributed by atoms with E-state index in [0.717, 1.165) is 27.6 Å². The van der Waals surface area contributed by atoms with Crippen molar-refractivity contribution in [3.05, 3.63) is 76.4 Å². The summed E-state index contributed by atoms with van der Waals surface area (Å²) in [5.41, 5.74) is 3.07. The number of fused-ring (bicyclic) bond motifs is 2. The molecule has 0 aliphatic heterocycles. The summed E-state index contributed by atoms with van der Waals surface area (Å²) in [6.45, 7) is 0.614. The van der Waals surface area contributed by atoms with Crippen LogP contribution in [0.15, 0.2) is 76.2 Å². The van der Waals surface area contributed by atoms with Crippen LogP contribution in [0.1, 0.15) is 18.4 Å². The van der Waals surface area contributed by atoms with Crippen LogP contribution in [0, 0.1) is 17.8 Å². The van der Waals surface area contributed by atoms with Crippen molar-refractivity contribution in [2.45, 2.75) is 19.4 Å². The summed E-state index contributed by atoms with van der Waals surface area (Å²) >= 11 is 1.59. The number of hydrogen-bond acceptors (Lipinski definition) is 5. The second-order valence-electron chi connectivity index (χ2n) is 8.29. The highest BCUT2D eigenvalue weighted by atomic mass is 32.1. The van der Waals surface area contributed by atoms with Crippen molar-refractivity contribution in [2.75, 3.05) is 14.2 Å². The Morgan fingerprint density at radius 2 is 1.94 bits per heavy atom. The zero-order valence-corrected chi connectivity index (χ0v) is 19.2. The fourth-order valence-corrected chi connectivity index (χ4v) is 5.44. The lowest BCUT2D eigenvalue weighted by molar-refractivity contribution is 0.404. The van der Waals surface area contributed by atoms with E-state index in [0.29, 0.717) is 24.3 Å². The second-order valence-corrected chi connectivity index (χ2v) is 9.13. The van der Waals surface area contributed by atoms with Gasteiger partial charge in [0.2, 0.25) is 4.80 Å². The summed E-state index contributed by atoms with van der Waals surface area (Å²) < 4.78 is 13.1. The van der Waals surface area contributed by atoms with Gasteiger partial charge in [0.25, 0.3) is 0 Å². The topological polar surface area (TPSA) is 48.1 Å². The molecule has 2 aromatic carbocycles. The maximum atomic E-state index is 5.66. The molecule has 1 saturated carbocycles. The molecule has 5 rings (SSSR count). The zero-order valence-electron chi connectivity index (χ0n) is 18.3. The lowest BCUT2D eigenvalue weighted by Gasteiger charge is -2.14. The Morgan fingerprint density at radius 3 is 2.66 bits per heavy atom. The van der Waals surface area contributed by atoms with Gasteiger partial charge < -0.3 is 9.47 Å². The minimum Gasteiger partial charge on any atom is -0.497 e. The van der Waals surface area contributed by atoms with Gasteiger partial charge in [-0.05, 0) is 48.4 Å². The molecule has 1 fully saturated rings. The normalized spacial score (nSPS) is 22.2. The van der Waals surface area contributed by atoms with Crippen LogP contribution in [-0.2, 0) is 6.54 Å². The smallest absolute Gasteiger partial charge is 0.206 e. The number of methoxy groups -OCH3 is 2. The zero-order chi connectivity index (χ0) is 21.9. The van der Waals surface area contributed by atoms with Gasteiger partial charge in [0.15, 0.2) is 0 Å². The molecule has 3 atom stereocenters. The van der Waals surface area contributed by atoms with E-state index in [1.54, 1.807) is 25.6 Å². The summed E-state index contributed by atoms with van der Waals surface area (Å²) in [4.78, 5) is 5.76. The van der Waals surface area contributed by atoms with Crippen LogP contribution in [-0.4, -0.2) is 25.1 Å². The number of rotatable bonds is 7. The van der Waals surface area contributed by atoms with Gasteiger partial charge in [-0.25, -0.2) is 4.68 Å². The Hall–Kier alpha value is -3.12. The average molecular weight is 446 g/mol. The van der Waals surface area contributed by atoms with E-state index < -0.39 is 0 Å². The van der Waals surface area contributed by atoms with Gasteiger partial charge in [-0.15, -0.1) is 11.3 Å². The maximum absolute atomic E-state index is 5.66. The van der Waals surface area contributed by atoms with E-state index in [-0.39, 0.29) is 0 Å². The minimum atomic E-state index is 0.486. The molecule has 0 spiro atoms. The number of allylic oxidation sites excluding steroid dienone is 2. The van der Waals surface area contributed by atoms with Crippen molar-refractivity contribution in [3.63, 3.8) is 0 Å². The molecular formula is C26H27N3O2S. The molecule has 0 N–H and O–H groups in total. The minimum absolute atomic E-state index is 0.486. The molecule has 2 aliphatic rings. The van der Waals surface area contributed by atoms with Crippen LogP contribution in [0.4, 0.5) is 0 Å². The number of benzene rings is 2. The third-order valence-corrected chi connectivity index (χ3v) is 7.17. The standard InChI is InChI=1S/C26H27N3O2S/c1-30-22-10-11-25(31-2)23(14-22)24-17-32-26(27-15-18-6-4-3-5-7-18)29(24)28-16-21-13-19-8-9-20(21)12-19/h3-11,14,16-17,19-21H,12-13,15H2,1-2H3. The van der Waals surface area contributed by atoms with Crippen LogP contribution in [0.5, 0.6) is 11.5 Å². The molecule has 164 valence electrons. The van der Waals surface area contributed by atoms with E-state index in [9.17, 15) is 0 Å². The van der Waals surface area contributed by atoms with E-state index in [2.05, 4.69) is 35.9 Å². The molecule has 0 saturated heterocycles. The molecule has 0 amide bonds. The Balaban J connectivity index is 1.56. The first-order valence-electron chi connectivity index (χ1n) is 11.0. The van der Waals surface area contributed by atoms with Crippen LogP contribution < -0.4 is 14.3 Å². The number of hydrogen-bond donors (Lipinski definition) is 0. The van der Waals surface area contributed by atoms with Crippen LogP contribution in [0.2, 0.25) is 0 Å². The monoisotopic (exact) mass is 445 g/mol. The lowest BCUT2D eigenvalue weighted by Crippen LogP contribution is -2.15. The van der Waals surface area contributed by atoms with Gasteiger partial charge in [0, 0.05) is 23.1 Å². The van der Waals surface area contributed by atoms with Crippen molar-refractivity contribution >= 4 is 17.6 Å². The Kier molecular flexibility index (Phi) is 5.95. The SMILES string of the molecule is COc1ccc(OC)c(-c2csc(=NCc3ccccc3)n2N=CC2CC3C=CC2C3)c1. The number of ether oxygens (including phenoxy) is 2. The number of nitrogens with zero attached hydrogens (tertiary/aromatic N) is 3. The van der Waals surface area contributed by atoms with Gasteiger partial charge in [-0.2, -0.15) is 5.10 Å². The fraction of sp³-hybridized carbons (Fsp3) is 0.308. The molecule has 1 heterocycles. The molecule has 0 radical (unpaired) electrons. The van der Waals surface area contributed by atoms with Gasteiger partial charge in [-0.3, -0.25) is 4.99 Å². The Morgan fingerprint density at radius 1 is 1.06 bits per heavy atom. The average Bonchev–Trinajstić information content (AvgIpc) is 3.57. The van der Waals surface area contributed by atoms with E-state index in [1.165, 1.54) is 18.4 Å². The van der Waals surface area contributed by atoms with Crippen molar-refractivity contribution in [2.24, 2.45) is 27.8 Å². The predicted molar refractivity (Wildman–Crippen MR) is 129 cm³/mol. The summed E-state index contributed by atoms with van der Waals surface area (Å²) in [5, 5.41) is 7.06. The molecule has 3 unspecified atom stereocenters. The summed E-state index contributed by atoms with van der Waals surface area (Å²) in [6, 6.07) is 16.1. The number of thiazole rings is 1. The molecule has 2 aliphatic carbocycles. The van der Waals surface area contributed by atoms with Gasteiger partial charge in [0.1, 0.15) is 11.5 Å².